The van der Waals surface area contributed by atoms with Gasteiger partial charge in [0.25, 0.3) is 0 Å². The van der Waals surface area contributed by atoms with Crippen LogP contribution in [-0.4, -0.2) is 25.2 Å². The Labute approximate surface area is 182 Å². The third-order valence-corrected chi connectivity index (χ3v) is 5.51. The standard InChI is InChI=1S/C27H24O4/c1-3-30-25(28)27(26(29)31-4-2)22-18-12-11-17-21(22)23(19-13-7-5-8-14-19)24(27)20-15-9-6-10-16-20/h5-18H,3-4H2,1-2H3. The fourth-order valence-electron chi connectivity index (χ4n) is 4.34. The van der Waals surface area contributed by atoms with Crippen LogP contribution in [0.25, 0.3) is 11.1 Å². The first kappa shape index (κ1) is 20.6. The molecule has 1 aliphatic rings. The van der Waals surface area contributed by atoms with Gasteiger partial charge in [0, 0.05) is 5.57 Å². The molecule has 4 nitrogen and oxygen atoms in total. The third-order valence-electron chi connectivity index (χ3n) is 5.51. The van der Waals surface area contributed by atoms with E-state index in [1.165, 1.54) is 0 Å². The summed E-state index contributed by atoms with van der Waals surface area (Å²) < 4.78 is 11.0. The highest BCUT2D eigenvalue weighted by Gasteiger charge is 2.59. The third kappa shape index (κ3) is 3.25. The summed E-state index contributed by atoms with van der Waals surface area (Å²) >= 11 is 0. The van der Waals surface area contributed by atoms with Crippen LogP contribution in [0.2, 0.25) is 0 Å². The fraction of sp³-hybridized carbons (Fsp3) is 0.185. The first-order chi connectivity index (χ1) is 15.2. The molecule has 0 radical (unpaired) electrons. The van der Waals surface area contributed by atoms with Crippen molar-refractivity contribution in [3.8, 4) is 0 Å². The highest BCUT2D eigenvalue weighted by molar-refractivity contribution is 6.27. The maximum Gasteiger partial charge on any atom is 0.332 e. The smallest absolute Gasteiger partial charge is 0.332 e. The van der Waals surface area contributed by atoms with E-state index in [0.717, 1.165) is 22.3 Å². The minimum Gasteiger partial charge on any atom is -0.465 e. The zero-order chi connectivity index (χ0) is 21.8. The zero-order valence-corrected chi connectivity index (χ0v) is 17.6. The minimum absolute atomic E-state index is 0.158. The number of hydrogen-bond acceptors (Lipinski definition) is 4. The Balaban J connectivity index is 2.17. The van der Waals surface area contributed by atoms with Crippen LogP contribution in [0, 0.1) is 0 Å². The lowest BCUT2D eigenvalue weighted by Gasteiger charge is -2.29. The first-order valence-corrected chi connectivity index (χ1v) is 10.5. The first-order valence-electron chi connectivity index (χ1n) is 10.5. The number of hydrogen-bond donors (Lipinski definition) is 0. The lowest BCUT2D eigenvalue weighted by atomic mass is 9.74. The molecule has 0 fully saturated rings. The minimum atomic E-state index is -1.70. The lowest BCUT2D eigenvalue weighted by molar-refractivity contribution is -0.161. The van der Waals surface area contributed by atoms with Gasteiger partial charge in [-0.2, -0.15) is 0 Å². The summed E-state index contributed by atoms with van der Waals surface area (Å²) in [4.78, 5) is 27.3. The second-order valence-corrected chi connectivity index (χ2v) is 7.22. The molecule has 0 saturated heterocycles. The van der Waals surface area contributed by atoms with E-state index in [0.29, 0.717) is 11.1 Å². The van der Waals surface area contributed by atoms with Crippen molar-refractivity contribution < 1.29 is 19.1 Å². The van der Waals surface area contributed by atoms with Crippen molar-refractivity contribution in [2.75, 3.05) is 13.2 Å². The maximum absolute atomic E-state index is 13.6. The van der Waals surface area contributed by atoms with Gasteiger partial charge in [-0.25, -0.2) is 0 Å². The number of benzene rings is 3. The molecule has 0 unspecified atom stereocenters. The van der Waals surface area contributed by atoms with E-state index in [9.17, 15) is 9.59 Å². The summed E-state index contributed by atoms with van der Waals surface area (Å²) in [5.74, 6) is -1.24. The van der Waals surface area contributed by atoms with Crippen molar-refractivity contribution in [3.63, 3.8) is 0 Å². The molecular formula is C27H24O4. The molecule has 0 atom stereocenters. The summed E-state index contributed by atoms with van der Waals surface area (Å²) in [6.45, 7) is 3.79. The van der Waals surface area contributed by atoms with Crippen LogP contribution >= 0.6 is 0 Å². The van der Waals surface area contributed by atoms with Crippen LogP contribution in [0.4, 0.5) is 0 Å². The van der Waals surface area contributed by atoms with Gasteiger partial charge in [-0.1, -0.05) is 84.9 Å². The van der Waals surface area contributed by atoms with E-state index in [1.807, 2.05) is 84.9 Å². The van der Waals surface area contributed by atoms with Gasteiger partial charge in [-0.15, -0.1) is 0 Å². The van der Waals surface area contributed by atoms with Crippen LogP contribution in [-0.2, 0) is 24.5 Å². The van der Waals surface area contributed by atoms with E-state index in [4.69, 9.17) is 9.47 Å². The summed E-state index contributed by atoms with van der Waals surface area (Å²) in [7, 11) is 0. The van der Waals surface area contributed by atoms with Crippen molar-refractivity contribution in [1.29, 1.82) is 0 Å². The highest BCUT2D eigenvalue weighted by Crippen LogP contribution is 2.54. The van der Waals surface area contributed by atoms with Crippen molar-refractivity contribution in [2.24, 2.45) is 0 Å². The van der Waals surface area contributed by atoms with Gasteiger partial charge in [0.2, 0.25) is 5.41 Å². The average Bonchev–Trinajstić information content (AvgIpc) is 3.13. The van der Waals surface area contributed by atoms with E-state index < -0.39 is 17.4 Å². The second-order valence-electron chi connectivity index (χ2n) is 7.22. The molecule has 156 valence electrons. The van der Waals surface area contributed by atoms with E-state index >= 15 is 0 Å². The molecule has 4 rings (SSSR count). The molecule has 3 aromatic rings. The molecule has 31 heavy (non-hydrogen) atoms. The van der Waals surface area contributed by atoms with Crippen LogP contribution in [0.3, 0.4) is 0 Å². The van der Waals surface area contributed by atoms with Crippen LogP contribution < -0.4 is 0 Å². The predicted octanol–water partition coefficient (Wildman–Crippen LogP) is 5.02. The van der Waals surface area contributed by atoms with E-state index in [2.05, 4.69) is 0 Å². The molecule has 1 aliphatic carbocycles. The average molecular weight is 412 g/mol. The van der Waals surface area contributed by atoms with Gasteiger partial charge in [0.15, 0.2) is 0 Å². The zero-order valence-electron chi connectivity index (χ0n) is 17.6. The lowest BCUT2D eigenvalue weighted by Crippen LogP contribution is -2.46. The fourth-order valence-corrected chi connectivity index (χ4v) is 4.34. The Morgan fingerprint density at radius 2 is 1.16 bits per heavy atom. The highest BCUT2D eigenvalue weighted by atomic mass is 16.6. The number of carbonyl (C=O) groups is 2. The maximum atomic E-state index is 13.6. The van der Waals surface area contributed by atoms with E-state index in [-0.39, 0.29) is 13.2 Å². The monoisotopic (exact) mass is 412 g/mol. The molecule has 0 bridgehead atoms. The normalized spacial score (nSPS) is 14.1. The second kappa shape index (κ2) is 8.60. The van der Waals surface area contributed by atoms with Crippen molar-refractivity contribution >= 4 is 23.1 Å². The Hall–Kier alpha value is -3.66. The number of esters is 2. The Morgan fingerprint density at radius 3 is 1.71 bits per heavy atom. The van der Waals surface area contributed by atoms with Gasteiger partial charge >= 0.3 is 11.9 Å². The summed E-state index contributed by atoms with van der Waals surface area (Å²) in [5, 5.41) is 0. The number of carbonyl (C=O) groups excluding carboxylic acids is 2. The molecule has 0 heterocycles. The summed E-state index contributed by atoms with van der Waals surface area (Å²) in [6.07, 6.45) is 0. The predicted molar refractivity (Wildman–Crippen MR) is 120 cm³/mol. The molecule has 0 saturated carbocycles. The van der Waals surface area contributed by atoms with Crippen LogP contribution in [0.5, 0.6) is 0 Å². The summed E-state index contributed by atoms with van der Waals surface area (Å²) in [6, 6.07) is 26.9. The molecule has 0 amide bonds. The van der Waals surface area contributed by atoms with E-state index in [1.54, 1.807) is 13.8 Å². The topological polar surface area (TPSA) is 52.6 Å². The molecule has 0 N–H and O–H groups in total. The number of fused-ring (bicyclic) bond motifs is 1. The van der Waals surface area contributed by atoms with Gasteiger partial charge in [-0.3, -0.25) is 9.59 Å². The summed E-state index contributed by atoms with van der Waals surface area (Å²) in [5.41, 5.74) is 2.84. The van der Waals surface area contributed by atoms with Gasteiger partial charge in [0.05, 0.1) is 13.2 Å². The Morgan fingerprint density at radius 1 is 0.677 bits per heavy atom. The van der Waals surface area contributed by atoms with Crippen LogP contribution in [0.1, 0.15) is 36.1 Å². The molecule has 3 aromatic carbocycles. The van der Waals surface area contributed by atoms with Crippen molar-refractivity contribution in [1.82, 2.24) is 0 Å². The molecule has 0 aliphatic heterocycles. The largest absolute Gasteiger partial charge is 0.465 e. The molecule has 4 heteroatoms. The van der Waals surface area contributed by atoms with Crippen molar-refractivity contribution in [2.45, 2.75) is 19.3 Å². The van der Waals surface area contributed by atoms with Crippen molar-refractivity contribution in [3.05, 3.63) is 107 Å². The van der Waals surface area contributed by atoms with Gasteiger partial charge in [-0.05, 0) is 41.7 Å². The van der Waals surface area contributed by atoms with Gasteiger partial charge in [0.1, 0.15) is 0 Å². The SMILES string of the molecule is CCOC(=O)C1(C(=O)OCC)C(c2ccccc2)=C(c2ccccc2)c2ccccc21. The van der Waals surface area contributed by atoms with Gasteiger partial charge < -0.3 is 9.47 Å². The Bertz CT molecular complexity index is 1110. The molecule has 0 spiro atoms. The van der Waals surface area contributed by atoms with Crippen LogP contribution in [0.15, 0.2) is 84.9 Å². The number of rotatable bonds is 6. The quantitative estimate of drug-likeness (QED) is 0.421. The number of ether oxygens (including phenoxy) is 2. The molecular weight excluding hydrogens is 388 g/mol. The Kier molecular flexibility index (Phi) is 5.72. The molecule has 0 aromatic heterocycles.